The third-order valence-corrected chi connectivity index (χ3v) is 5.00. The maximum atomic E-state index is 10.8. The van der Waals surface area contributed by atoms with Crippen LogP contribution in [0.15, 0.2) is 29.3 Å². The van der Waals surface area contributed by atoms with Crippen LogP contribution >= 0.6 is 0 Å². The minimum absolute atomic E-state index is 0.115. The predicted octanol–water partition coefficient (Wildman–Crippen LogP) is 1.86. The van der Waals surface area contributed by atoms with E-state index in [2.05, 4.69) is 15.1 Å². The third-order valence-electron chi connectivity index (χ3n) is 5.00. The zero-order chi connectivity index (χ0) is 18.9. The number of nitro benzene ring substituents is 1. The number of ether oxygens (including phenoxy) is 1. The number of hydrogen-bond acceptors (Lipinski definition) is 5. The molecule has 2 heterocycles. The molecule has 0 spiro atoms. The molecule has 0 unspecified atom stereocenters. The lowest BCUT2D eigenvalue weighted by Gasteiger charge is -2.27. The Kier molecular flexibility index (Phi) is 7.41. The van der Waals surface area contributed by atoms with Gasteiger partial charge in [-0.25, -0.2) is 4.99 Å². The van der Waals surface area contributed by atoms with Crippen LogP contribution in [-0.2, 0) is 11.3 Å². The average molecular weight is 375 g/mol. The van der Waals surface area contributed by atoms with E-state index >= 15 is 0 Å². The fourth-order valence-electron chi connectivity index (χ4n) is 3.41. The number of aliphatic imine (C=N–C) groups is 1. The van der Waals surface area contributed by atoms with E-state index < -0.39 is 0 Å². The number of non-ortho nitro benzene ring substituents is 1. The van der Waals surface area contributed by atoms with Crippen molar-refractivity contribution in [1.29, 1.82) is 0 Å². The average Bonchev–Trinajstić information content (AvgIpc) is 3.23. The van der Waals surface area contributed by atoms with E-state index in [1.165, 1.54) is 25.0 Å². The highest BCUT2D eigenvalue weighted by atomic mass is 16.6. The van der Waals surface area contributed by atoms with Crippen LogP contribution < -0.4 is 5.32 Å². The van der Waals surface area contributed by atoms with Crippen LogP contribution in [0.1, 0.15) is 24.8 Å². The lowest BCUT2D eigenvalue weighted by atomic mass is 10.2. The molecule has 0 bridgehead atoms. The van der Waals surface area contributed by atoms with Crippen LogP contribution in [-0.4, -0.2) is 73.2 Å². The summed E-state index contributed by atoms with van der Waals surface area (Å²) in [6, 6.07) is 6.63. The van der Waals surface area contributed by atoms with Gasteiger partial charge < -0.3 is 15.0 Å². The number of hydrogen-bond donors (Lipinski definition) is 1. The van der Waals surface area contributed by atoms with Crippen molar-refractivity contribution in [3.63, 3.8) is 0 Å². The quantitative estimate of drug-likeness (QED) is 0.257. The number of benzene rings is 1. The summed E-state index contributed by atoms with van der Waals surface area (Å²) in [5.41, 5.74) is 1.09. The Hall–Kier alpha value is -2.19. The molecule has 2 fully saturated rings. The molecule has 1 aromatic carbocycles. The number of rotatable bonds is 7. The standard InChI is InChI=1S/C19H29N5O3/c25-24(26)18-6-4-17(5-7-18)16-21-19(23-10-1-2-11-23)20-8-3-9-22-12-14-27-15-13-22/h4-7H,1-3,8-16H2,(H,20,21). The summed E-state index contributed by atoms with van der Waals surface area (Å²) < 4.78 is 5.39. The molecule has 3 rings (SSSR count). The van der Waals surface area contributed by atoms with Crippen molar-refractivity contribution in [2.24, 2.45) is 4.99 Å². The highest BCUT2D eigenvalue weighted by Gasteiger charge is 2.16. The van der Waals surface area contributed by atoms with Crippen LogP contribution in [0.3, 0.4) is 0 Å². The van der Waals surface area contributed by atoms with E-state index in [1.54, 1.807) is 12.1 Å². The summed E-state index contributed by atoms with van der Waals surface area (Å²) in [6.45, 7) is 8.29. The van der Waals surface area contributed by atoms with Crippen LogP contribution in [0, 0.1) is 10.1 Å². The van der Waals surface area contributed by atoms with Crippen LogP contribution in [0.2, 0.25) is 0 Å². The topological polar surface area (TPSA) is 83.2 Å². The molecule has 2 saturated heterocycles. The number of guanidine groups is 1. The molecule has 2 aliphatic heterocycles. The second-order valence-corrected chi connectivity index (χ2v) is 6.99. The molecule has 0 aromatic heterocycles. The van der Waals surface area contributed by atoms with Gasteiger partial charge in [-0.3, -0.25) is 15.0 Å². The second-order valence-electron chi connectivity index (χ2n) is 6.99. The SMILES string of the molecule is O=[N+]([O-])c1ccc(CN=C(NCCCN2CCOCC2)N2CCCC2)cc1. The van der Waals surface area contributed by atoms with E-state index in [4.69, 9.17) is 9.73 Å². The summed E-state index contributed by atoms with van der Waals surface area (Å²) in [4.78, 5) is 19.9. The van der Waals surface area contributed by atoms with E-state index in [0.717, 1.165) is 70.4 Å². The number of likely N-dealkylation sites (tertiary alicyclic amines) is 1. The second kappa shape index (κ2) is 10.2. The van der Waals surface area contributed by atoms with Gasteiger partial charge in [0.1, 0.15) is 0 Å². The van der Waals surface area contributed by atoms with E-state index in [9.17, 15) is 10.1 Å². The number of morpholine rings is 1. The van der Waals surface area contributed by atoms with Crippen molar-refractivity contribution >= 4 is 11.6 Å². The summed E-state index contributed by atoms with van der Waals surface area (Å²) >= 11 is 0. The molecule has 0 amide bonds. The normalized spacial score (nSPS) is 18.7. The van der Waals surface area contributed by atoms with Crippen molar-refractivity contribution in [3.05, 3.63) is 39.9 Å². The number of nitro groups is 1. The Morgan fingerprint density at radius 3 is 2.52 bits per heavy atom. The summed E-state index contributed by atoms with van der Waals surface area (Å²) in [5, 5.41) is 14.3. The summed E-state index contributed by atoms with van der Waals surface area (Å²) in [5.74, 6) is 0.952. The Morgan fingerprint density at radius 1 is 1.15 bits per heavy atom. The molecule has 0 atom stereocenters. The fraction of sp³-hybridized carbons (Fsp3) is 0.632. The summed E-state index contributed by atoms with van der Waals surface area (Å²) in [7, 11) is 0. The van der Waals surface area contributed by atoms with Gasteiger partial charge in [0.15, 0.2) is 5.96 Å². The maximum Gasteiger partial charge on any atom is 0.269 e. The molecular weight excluding hydrogens is 346 g/mol. The zero-order valence-electron chi connectivity index (χ0n) is 15.8. The van der Waals surface area contributed by atoms with Gasteiger partial charge in [-0.15, -0.1) is 0 Å². The summed E-state index contributed by atoms with van der Waals surface area (Å²) in [6.07, 6.45) is 3.47. The molecule has 0 aliphatic carbocycles. The minimum Gasteiger partial charge on any atom is -0.379 e. The Morgan fingerprint density at radius 2 is 1.85 bits per heavy atom. The predicted molar refractivity (Wildman–Crippen MR) is 105 cm³/mol. The van der Waals surface area contributed by atoms with E-state index in [1.807, 2.05) is 0 Å². The van der Waals surface area contributed by atoms with E-state index in [-0.39, 0.29) is 10.6 Å². The largest absolute Gasteiger partial charge is 0.379 e. The minimum atomic E-state index is -0.376. The Labute approximate surface area is 160 Å². The highest BCUT2D eigenvalue weighted by molar-refractivity contribution is 5.80. The molecule has 1 aromatic rings. The molecule has 8 nitrogen and oxygen atoms in total. The van der Waals surface area contributed by atoms with Crippen LogP contribution in [0.25, 0.3) is 0 Å². The van der Waals surface area contributed by atoms with Crippen molar-refractivity contribution in [1.82, 2.24) is 15.1 Å². The van der Waals surface area contributed by atoms with Crippen molar-refractivity contribution < 1.29 is 9.66 Å². The van der Waals surface area contributed by atoms with Crippen molar-refractivity contribution in [2.75, 3.05) is 52.5 Å². The van der Waals surface area contributed by atoms with Crippen molar-refractivity contribution in [2.45, 2.75) is 25.8 Å². The zero-order valence-corrected chi connectivity index (χ0v) is 15.8. The lowest BCUT2D eigenvalue weighted by Crippen LogP contribution is -2.42. The lowest BCUT2D eigenvalue weighted by molar-refractivity contribution is -0.384. The molecular formula is C19H29N5O3. The van der Waals surface area contributed by atoms with Gasteiger partial charge in [0.25, 0.3) is 5.69 Å². The maximum absolute atomic E-state index is 10.8. The first kappa shape index (κ1) is 19.6. The molecule has 0 saturated carbocycles. The monoisotopic (exact) mass is 375 g/mol. The third kappa shape index (κ3) is 6.18. The molecule has 0 radical (unpaired) electrons. The van der Waals surface area contributed by atoms with Gasteiger partial charge in [0, 0.05) is 44.9 Å². The van der Waals surface area contributed by atoms with Gasteiger partial charge in [-0.05, 0) is 31.4 Å². The molecule has 27 heavy (non-hydrogen) atoms. The molecule has 2 aliphatic rings. The van der Waals surface area contributed by atoms with Gasteiger partial charge >= 0.3 is 0 Å². The smallest absolute Gasteiger partial charge is 0.269 e. The highest BCUT2D eigenvalue weighted by Crippen LogP contribution is 2.13. The fourth-order valence-corrected chi connectivity index (χ4v) is 3.41. The van der Waals surface area contributed by atoms with Crippen LogP contribution in [0.4, 0.5) is 5.69 Å². The van der Waals surface area contributed by atoms with Gasteiger partial charge in [0.05, 0.1) is 24.7 Å². The Balaban J connectivity index is 1.50. The Bertz CT molecular complexity index is 623. The van der Waals surface area contributed by atoms with Crippen molar-refractivity contribution in [3.8, 4) is 0 Å². The van der Waals surface area contributed by atoms with E-state index in [0.29, 0.717) is 6.54 Å². The van der Waals surface area contributed by atoms with Gasteiger partial charge in [0.2, 0.25) is 0 Å². The van der Waals surface area contributed by atoms with Gasteiger partial charge in [-0.2, -0.15) is 0 Å². The number of nitrogens with zero attached hydrogens (tertiary/aromatic N) is 4. The first-order valence-electron chi connectivity index (χ1n) is 9.79. The molecule has 148 valence electrons. The first-order chi connectivity index (χ1) is 13.2. The van der Waals surface area contributed by atoms with Crippen LogP contribution in [0.5, 0.6) is 0 Å². The first-order valence-corrected chi connectivity index (χ1v) is 9.79. The van der Waals surface area contributed by atoms with Gasteiger partial charge in [-0.1, -0.05) is 12.1 Å². The molecule has 1 N–H and O–H groups in total. The number of nitrogens with one attached hydrogen (secondary N) is 1. The molecule has 8 heteroatoms.